The summed E-state index contributed by atoms with van der Waals surface area (Å²) in [4.78, 5) is 15.4. The fraction of sp³-hybridized carbons (Fsp3) is 0.200. The second-order valence-corrected chi connectivity index (χ2v) is 2.69. The zero-order valence-electron chi connectivity index (χ0n) is 8.51. The Balaban J connectivity index is 3.11. The summed E-state index contributed by atoms with van der Waals surface area (Å²) in [5, 5.41) is 12.7. The Hall–Kier alpha value is -2.11. The SMILES string of the molecule is COC(=O)/C(=N\OCF)c1ccccc1O. The third kappa shape index (κ3) is 2.69. The topological polar surface area (TPSA) is 68.1 Å². The van der Waals surface area contributed by atoms with E-state index in [9.17, 15) is 14.3 Å². The maximum absolute atomic E-state index is 11.8. The minimum absolute atomic E-state index is 0.114. The number of methoxy groups -OCH3 is 1. The summed E-state index contributed by atoms with van der Waals surface area (Å²) in [5.74, 6) is -0.996. The van der Waals surface area contributed by atoms with Crippen LogP contribution in [0, 0.1) is 0 Å². The van der Waals surface area contributed by atoms with Crippen molar-refractivity contribution in [3.63, 3.8) is 0 Å². The van der Waals surface area contributed by atoms with E-state index in [1.54, 1.807) is 12.1 Å². The standard InChI is InChI=1S/C10H10FNO4/c1-15-10(14)9(12-16-6-11)7-4-2-3-5-8(7)13/h2-5,13H,6H2,1H3/b12-9-. The Morgan fingerprint density at radius 3 is 2.75 bits per heavy atom. The molecule has 0 aliphatic heterocycles. The van der Waals surface area contributed by atoms with Gasteiger partial charge in [0.15, 0.2) is 5.71 Å². The monoisotopic (exact) mass is 227 g/mol. The van der Waals surface area contributed by atoms with Crippen molar-refractivity contribution in [3.8, 4) is 5.75 Å². The zero-order chi connectivity index (χ0) is 12.0. The van der Waals surface area contributed by atoms with Gasteiger partial charge in [0.1, 0.15) is 5.75 Å². The average molecular weight is 227 g/mol. The van der Waals surface area contributed by atoms with Crippen molar-refractivity contribution in [2.75, 3.05) is 14.0 Å². The predicted octanol–water partition coefficient (Wildman–Crippen LogP) is 1.21. The fourth-order valence-electron chi connectivity index (χ4n) is 1.06. The maximum atomic E-state index is 11.8. The summed E-state index contributed by atoms with van der Waals surface area (Å²) in [6, 6.07) is 5.96. The minimum Gasteiger partial charge on any atom is -0.507 e. The quantitative estimate of drug-likeness (QED) is 0.477. The van der Waals surface area contributed by atoms with Gasteiger partial charge >= 0.3 is 5.97 Å². The van der Waals surface area contributed by atoms with Crippen molar-refractivity contribution in [2.45, 2.75) is 0 Å². The number of nitrogens with zero attached hydrogens (tertiary/aromatic N) is 1. The molecule has 0 amide bonds. The highest BCUT2D eigenvalue weighted by molar-refractivity contribution is 6.43. The third-order valence-electron chi connectivity index (χ3n) is 1.74. The molecule has 6 heteroatoms. The van der Waals surface area contributed by atoms with Gasteiger partial charge in [0.05, 0.1) is 12.7 Å². The number of phenols is 1. The molecule has 0 radical (unpaired) electrons. The summed E-state index contributed by atoms with van der Waals surface area (Å²) in [6.45, 7) is -1.17. The van der Waals surface area contributed by atoms with E-state index >= 15 is 0 Å². The van der Waals surface area contributed by atoms with Gasteiger partial charge in [-0.1, -0.05) is 17.3 Å². The molecule has 1 aromatic rings. The normalized spacial score (nSPS) is 11.0. The first-order valence-corrected chi connectivity index (χ1v) is 4.33. The molecule has 0 bridgehead atoms. The van der Waals surface area contributed by atoms with Crippen LogP contribution in [-0.4, -0.2) is 30.8 Å². The molecule has 0 atom stereocenters. The molecule has 5 nitrogen and oxygen atoms in total. The van der Waals surface area contributed by atoms with Gasteiger partial charge in [-0.25, -0.2) is 9.18 Å². The van der Waals surface area contributed by atoms with E-state index in [1.165, 1.54) is 12.1 Å². The zero-order valence-corrected chi connectivity index (χ0v) is 8.51. The van der Waals surface area contributed by atoms with Gasteiger partial charge in [0.25, 0.3) is 6.86 Å². The van der Waals surface area contributed by atoms with E-state index in [0.29, 0.717) is 0 Å². The van der Waals surface area contributed by atoms with E-state index in [2.05, 4.69) is 14.7 Å². The summed E-state index contributed by atoms with van der Waals surface area (Å²) in [7, 11) is 1.15. The molecule has 0 saturated carbocycles. The van der Waals surface area contributed by atoms with Crippen LogP contribution >= 0.6 is 0 Å². The van der Waals surface area contributed by atoms with E-state index in [0.717, 1.165) is 7.11 Å². The Morgan fingerprint density at radius 2 is 2.19 bits per heavy atom. The molecule has 1 N–H and O–H groups in total. The second-order valence-electron chi connectivity index (χ2n) is 2.69. The molecule has 0 aromatic heterocycles. The first-order chi connectivity index (χ1) is 7.70. The predicted molar refractivity (Wildman–Crippen MR) is 53.7 cm³/mol. The number of benzene rings is 1. The summed E-state index contributed by atoms with van der Waals surface area (Å²) < 4.78 is 16.2. The molecule has 0 fully saturated rings. The summed E-state index contributed by atoms with van der Waals surface area (Å²) >= 11 is 0. The van der Waals surface area contributed by atoms with Crippen molar-refractivity contribution in [3.05, 3.63) is 29.8 Å². The number of para-hydroxylation sites is 1. The molecule has 1 rings (SSSR count). The molecule has 0 saturated heterocycles. The number of hydrogen-bond donors (Lipinski definition) is 1. The number of halogens is 1. The second kappa shape index (κ2) is 5.69. The van der Waals surface area contributed by atoms with Gasteiger partial charge in [0, 0.05) is 0 Å². The van der Waals surface area contributed by atoms with Gasteiger partial charge in [-0.15, -0.1) is 0 Å². The van der Waals surface area contributed by atoms with E-state index in [4.69, 9.17) is 0 Å². The average Bonchev–Trinajstić information content (AvgIpc) is 2.31. The smallest absolute Gasteiger partial charge is 0.360 e. The lowest BCUT2D eigenvalue weighted by Crippen LogP contribution is -2.17. The number of ether oxygens (including phenoxy) is 1. The summed E-state index contributed by atoms with van der Waals surface area (Å²) in [5.41, 5.74) is -0.180. The summed E-state index contributed by atoms with van der Waals surface area (Å²) in [6.07, 6.45) is 0. The molecular formula is C10H10FNO4. The van der Waals surface area contributed by atoms with Crippen molar-refractivity contribution >= 4 is 11.7 Å². The number of phenolic OH excluding ortho intramolecular Hbond substituents is 1. The van der Waals surface area contributed by atoms with Gasteiger partial charge in [-0.3, -0.25) is 0 Å². The number of hydrogen-bond acceptors (Lipinski definition) is 5. The van der Waals surface area contributed by atoms with Gasteiger partial charge < -0.3 is 14.7 Å². The van der Waals surface area contributed by atoms with Crippen LogP contribution in [0.15, 0.2) is 29.4 Å². The third-order valence-corrected chi connectivity index (χ3v) is 1.74. The lowest BCUT2D eigenvalue weighted by Gasteiger charge is -2.05. The fourth-order valence-corrected chi connectivity index (χ4v) is 1.06. The molecule has 16 heavy (non-hydrogen) atoms. The number of carbonyl (C=O) groups excluding carboxylic acids is 1. The van der Waals surface area contributed by atoms with Crippen LogP contribution in [0.4, 0.5) is 4.39 Å². The Bertz CT molecular complexity index is 406. The Morgan fingerprint density at radius 1 is 1.50 bits per heavy atom. The molecule has 1 aromatic carbocycles. The highest BCUT2D eigenvalue weighted by atomic mass is 19.1. The van der Waals surface area contributed by atoms with Crippen LogP contribution in [0.2, 0.25) is 0 Å². The lowest BCUT2D eigenvalue weighted by molar-refractivity contribution is -0.132. The largest absolute Gasteiger partial charge is 0.507 e. The van der Waals surface area contributed by atoms with Crippen molar-refractivity contribution < 1.29 is 23.9 Å². The minimum atomic E-state index is -1.17. The van der Waals surface area contributed by atoms with Gasteiger partial charge in [-0.2, -0.15) is 0 Å². The highest BCUT2D eigenvalue weighted by Gasteiger charge is 2.18. The maximum Gasteiger partial charge on any atom is 0.360 e. The molecule has 0 aliphatic carbocycles. The number of esters is 1. The first kappa shape index (κ1) is 12.0. The molecule has 0 heterocycles. The van der Waals surface area contributed by atoms with E-state index in [1.807, 2.05) is 0 Å². The van der Waals surface area contributed by atoms with Gasteiger partial charge in [-0.05, 0) is 12.1 Å². The van der Waals surface area contributed by atoms with Crippen molar-refractivity contribution in [1.82, 2.24) is 0 Å². The number of carbonyl (C=O) groups is 1. The molecule has 0 aliphatic rings. The number of rotatable bonds is 4. The van der Waals surface area contributed by atoms with Crippen molar-refractivity contribution in [2.24, 2.45) is 5.16 Å². The van der Waals surface area contributed by atoms with Gasteiger partial charge in [0.2, 0.25) is 0 Å². The first-order valence-electron chi connectivity index (χ1n) is 4.33. The number of oxime groups is 1. The number of alkyl halides is 1. The molecular weight excluding hydrogens is 217 g/mol. The van der Waals surface area contributed by atoms with Crippen LogP contribution in [0.5, 0.6) is 5.75 Å². The molecule has 0 spiro atoms. The van der Waals surface area contributed by atoms with Crippen LogP contribution in [-0.2, 0) is 14.4 Å². The van der Waals surface area contributed by atoms with Crippen LogP contribution in [0.3, 0.4) is 0 Å². The van der Waals surface area contributed by atoms with E-state index in [-0.39, 0.29) is 17.0 Å². The van der Waals surface area contributed by atoms with E-state index < -0.39 is 12.8 Å². The Kier molecular flexibility index (Phi) is 4.26. The van der Waals surface area contributed by atoms with Crippen LogP contribution in [0.1, 0.15) is 5.56 Å². The molecule has 0 unspecified atom stereocenters. The number of aromatic hydroxyl groups is 1. The van der Waals surface area contributed by atoms with Crippen LogP contribution < -0.4 is 0 Å². The van der Waals surface area contributed by atoms with Crippen molar-refractivity contribution in [1.29, 1.82) is 0 Å². The molecule has 86 valence electrons. The van der Waals surface area contributed by atoms with Crippen LogP contribution in [0.25, 0.3) is 0 Å². The Labute approximate surface area is 91.1 Å². The highest BCUT2D eigenvalue weighted by Crippen LogP contribution is 2.17. The lowest BCUT2D eigenvalue weighted by atomic mass is 10.1.